The van der Waals surface area contributed by atoms with E-state index in [9.17, 15) is 5.11 Å². The van der Waals surface area contributed by atoms with Gasteiger partial charge >= 0.3 is 0 Å². The first-order valence-electron chi connectivity index (χ1n) is 16.3. The lowest BCUT2D eigenvalue weighted by molar-refractivity contribution is 0.488. The van der Waals surface area contributed by atoms with Crippen molar-refractivity contribution in [2.24, 2.45) is 0 Å². The fraction of sp³-hybridized carbons (Fsp3) is 0.0909. The first kappa shape index (κ1) is 28.2. The molecule has 4 heteroatoms. The van der Waals surface area contributed by atoms with Gasteiger partial charge in [0.2, 0.25) is 0 Å². The van der Waals surface area contributed by atoms with Crippen molar-refractivity contribution in [1.82, 2.24) is 9.97 Å². The van der Waals surface area contributed by atoms with Crippen molar-refractivity contribution in [1.29, 1.82) is 0 Å². The lowest BCUT2D eigenvalue weighted by Gasteiger charge is -2.21. The lowest BCUT2D eigenvalue weighted by Crippen LogP contribution is -2.11. The molecule has 3 aromatic heterocycles. The van der Waals surface area contributed by atoms with Crippen LogP contribution in [0.5, 0.6) is 5.75 Å². The molecule has 1 N–H and O–H groups in total. The number of phenolic OH excluding ortho intramolecular Hbond substituents is 1. The second-order valence-electron chi connectivity index (χ2n) is 13.6. The Morgan fingerprint density at radius 2 is 1.21 bits per heavy atom. The Labute approximate surface area is 277 Å². The number of pyridine rings is 2. The minimum atomic E-state index is -0.103. The number of rotatable bonds is 3. The van der Waals surface area contributed by atoms with E-state index in [1.54, 1.807) is 0 Å². The fourth-order valence-corrected chi connectivity index (χ4v) is 7.05. The van der Waals surface area contributed by atoms with Crippen molar-refractivity contribution < 1.29 is 9.52 Å². The molecule has 3 heterocycles. The summed E-state index contributed by atoms with van der Waals surface area (Å²) in [4.78, 5) is 10.2. The molecule has 0 saturated heterocycles. The third-order valence-corrected chi connectivity index (χ3v) is 9.54. The van der Waals surface area contributed by atoms with E-state index in [1.165, 1.54) is 5.56 Å². The highest BCUT2D eigenvalue weighted by molar-refractivity contribution is 6.30. The molecule has 0 atom stereocenters. The molecule has 0 saturated carbocycles. The zero-order valence-corrected chi connectivity index (χ0v) is 27.0. The monoisotopic (exact) mass is 620 g/mol. The summed E-state index contributed by atoms with van der Waals surface area (Å²) in [6.07, 6.45) is 1.88. The molecule has 48 heavy (non-hydrogen) atoms. The number of aromatic hydroxyl groups is 1. The molecule has 230 valence electrons. The number of hydrogen-bond acceptors (Lipinski definition) is 4. The molecule has 0 aliphatic heterocycles. The molecule has 9 aromatic rings. The van der Waals surface area contributed by atoms with Crippen LogP contribution in [0.25, 0.3) is 88.0 Å². The number of aromatic nitrogens is 2. The number of fused-ring (bicyclic) bond motifs is 9. The normalized spacial score (nSPS) is 12.1. The van der Waals surface area contributed by atoms with Gasteiger partial charge in [-0.05, 0) is 92.9 Å². The number of furan rings is 1. The molecule has 4 nitrogen and oxygen atoms in total. The summed E-state index contributed by atoms with van der Waals surface area (Å²) < 4.78 is 6.25. The van der Waals surface area contributed by atoms with Gasteiger partial charge < -0.3 is 9.52 Å². The van der Waals surface area contributed by atoms with Gasteiger partial charge in [-0.15, -0.1) is 0 Å². The summed E-state index contributed by atoms with van der Waals surface area (Å²) in [5.74, 6) is 0.193. The molecule has 0 aliphatic carbocycles. The summed E-state index contributed by atoms with van der Waals surface area (Å²) >= 11 is 0. The van der Waals surface area contributed by atoms with Crippen LogP contribution in [-0.4, -0.2) is 15.1 Å². The number of hydrogen-bond donors (Lipinski definition) is 1. The number of benzene rings is 6. The van der Waals surface area contributed by atoms with Crippen LogP contribution < -0.4 is 0 Å². The average molecular weight is 621 g/mol. The molecule has 0 fully saturated rings. The highest BCUT2D eigenvalue weighted by atomic mass is 16.3. The van der Waals surface area contributed by atoms with Crippen LogP contribution >= 0.6 is 0 Å². The molecular weight excluding hydrogens is 588 g/mol. The number of nitrogens with zero attached hydrogens (tertiary/aromatic N) is 2. The maximum atomic E-state index is 12.1. The lowest BCUT2D eigenvalue weighted by atomic mass is 9.84. The highest BCUT2D eigenvalue weighted by Gasteiger charge is 2.21. The van der Waals surface area contributed by atoms with E-state index in [0.29, 0.717) is 11.0 Å². The summed E-state index contributed by atoms with van der Waals surface area (Å²) in [6.45, 7) is 6.70. The van der Waals surface area contributed by atoms with E-state index in [2.05, 4.69) is 112 Å². The van der Waals surface area contributed by atoms with Crippen molar-refractivity contribution in [2.45, 2.75) is 26.2 Å². The van der Waals surface area contributed by atoms with E-state index < -0.39 is 0 Å². The molecule has 0 unspecified atom stereocenters. The maximum Gasteiger partial charge on any atom is 0.139 e. The van der Waals surface area contributed by atoms with Gasteiger partial charge in [0.1, 0.15) is 16.9 Å². The number of para-hydroxylation sites is 1. The minimum absolute atomic E-state index is 0.103. The third kappa shape index (κ3) is 4.44. The van der Waals surface area contributed by atoms with Crippen LogP contribution in [0, 0.1) is 0 Å². The molecule has 0 spiro atoms. The molecule has 0 radical (unpaired) electrons. The van der Waals surface area contributed by atoms with Crippen LogP contribution in [-0.2, 0) is 5.41 Å². The van der Waals surface area contributed by atoms with E-state index in [1.807, 2.05) is 42.6 Å². The molecule has 0 bridgehead atoms. The van der Waals surface area contributed by atoms with Gasteiger partial charge in [-0.2, -0.15) is 0 Å². The number of phenols is 1. The van der Waals surface area contributed by atoms with Crippen LogP contribution in [0.4, 0.5) is 0 Å². The van der Waals surface area contributed by atoms with Gasteiger partial charge in [0.15, 0.2) is 0 Å². The molecule has 0 aliphatic rings. The molecule has 6 aromatic carbocycles. The van der Waals surface area contributed by atoms with Crippen molar-refractivity contribution >= 4 is 54.4 Å². The molecule has 0 amide bonds. The highest BCUT2D eigenvalue weighted by Crippen LogP contribution is 2.46. The fourth-order valence-electron chi connectivity index (χ4n) is 7.05. The Morgan fingerprint density at radius 1 is 0.521 bits per heavy atom. The smallest absolute Gasteiger partial charge is 0.139 e. The van der Waals surface area contributed by atoms with Gasteiger partial charge in [0.25, 0.3) is 0 Å². The largest absolute Gasteiger partial charge is 0.506 e. The first-order chi connectivity index (χ1) is 23.3. The predicted octanol–water partition coefficient (Wildman–Crippen LogP) is 11.8. The van der Waals surface area contributed by atoms with Crippen LogP contribution in [0.3, 0.4) is 0 Å². The van der Waals surface area contributed by atoms with Crippen molar-refractivity contribution in [3.63, 3.8) is 0 Å². The molecule has 9 rings (SSSR count). The Hall–Kier alpha value is -6.00. The van der Waals surface area contributed by atoms with Gasteiger partial charge in [-0.25, -0.2) is 4.98 Å². The van der Waals surface area contributed by atoms with E-state index >= 15 is 0 Å². The van der Waals surface area contributed by atoms with Gasteiger partial charge in [-0.3, -0.25) is 4.98 Å². The van der Waals surface area contributed by atoms with Crippen molar-refractivity contribution in [3.8, 4) is 39.4 Å². The quantitative estimate of drug-likeness (QED) is 0.200. The topological polar surface area (TPSA) is 59.2 Å². The van der Waals surface area contributed by atoms with E-state index in [4.69, 9.17) is 14.4 Å². The molecular formula is C44H32N2O2. The minimum Gasteiger partial charge on any atom is -0.506 e. The predicted molar refractivity (Wildman–Crippen MR) is 199 cm³/mol. The Kier molecular flexibility index (Phi) is 6.18. The summed E-state index contributed by atoms with van der Waals surface area (Å²) in [7, 11) is 0. The maximum absolute atomic E-state index is 12.1. The third-order valence-electron chi connectivity index (χ3n) is 9.54. The van der Waals surface area contributed by atoms with Crippen molar-refractivity contribution in [2.75, 3.05) is 0 Å². The zero-order chi connectivity index (χ0) is 32.6. The second-order valence-corrected chi connectivity index (χ2v) is 13.6. The average Bonchev–Trinajstić information content (AvgIpc) is 3.50. The van der Waals surface area contributed by atoms with Crippen LogP contribution in [0.15, 0.2) is 138 Å². The standard InChI is InChI=1S/C44H32N2O2/c1-44(2,3)30-22-28(21-29(23-30)37-24-27(19-20-45-37)26-11-5-4-6-12-26)36-18-17-33-31-13-7-8-14-32(31)35-25-39-40(43(47)41(35)42(33)46-36)34-15-9-10-16-38(34)48-39/h4-25,47H,1-3H3. The van der Waals surface area contributed by atoms with E-state index in [-0.39, 0.29) is 11.2 Å². The first-order valence-corrected chi connectivity index (χ1v) is 16.3. The van der Waals surface area contributed by atoms with E-state index in [0.717, 1.165) is 77.1 Å². The SMILES string of the molecule is CC(C)(C)c1cc(-c2cc(-c3ccccc3)ccn2)cc(-c2ccc3c4ccccc4c4cc5oc6ccccc6c5c(O)c4c3n2)c1. The summed E-state index contributed by atoms with van der Waals surface area (Å²) in [6, 6.07) is 43.8. The van der Waals surface area contributed by atoms with Gasteiger partial charge in [0.05, 0.1) is 27.7 Å². The second kappa shape index (κ2) is 10.5. The van der Waals surface area contributed by atoms with Crippen molar-refractivity contribution in [3.05, 3.63) is 139 Å². The summed E-state index contributed by atoms with van der Waals surface area (Å²) in [5, 5.41) is 18.4. The Morgan fingerprint density at radius 3 is 1.98 bits per heavy atom. The summed E-state index contributed by atoms with van der Waals surface area (Å²) in [5.41, 5.74) is 9.33. The van der Waals surface area contributed by atoms with Gasteiger partial charge in [0, 0.05) is 28.1 Å². The Bertz CT molecular complexity index is 2720. The van der Waals surface area contributed by atoms with Crippen LogP contribution in [0.2, 0.25) is 0 Å². The zero-order valence-electron chi connectivity index (χ0n) is 27.0. The van der Waals surface area contributed by atoms with Gasteiger partial charge in [-0.1, -0.05) is 93.6 Å². The Balaban J connectivity index is 1.32. The van der Waals surface area contributed by atoms with Crippen LogP contribution in [0.1, 0.15) is 26.3 Å².